The molecule has 0 fully saturated rings. The molecular weight excluding hydrogens is 321 g/mol. The van der Waals surface area contributed by atoms with Crippen LogP contribution in [0.15, 0.2) is 48.8 Å². The highest BCUT2D eigenvalue weighted by Gasteiger charge is 2.39. The molecule has 0 saturated carbocycles. The number of alkyl halides is 3. The zero-order valence-electron chi connectivity index (χ0n) is 12.5. The number of para-hydroxylation sites is 2. The van der Waals surface area contributed by atoms with Crippen LogP contribution in [0.25, 0.3) is 11.0 Å². The lowest BCUT2D eigenvalue weighted by Gasteiger charge is -2.25. The van der Waals surface area contributed by atoms with E-state index in [1.165, 1.54) is 4.90 Å². The van der Waals surface area contributed by atoms with E-state index in [0.29, 0.717) is 16.6 Å². The molecule has 5 nitrogen and oxygen atoms in total. The Balaban J connectivity index is 1.91. The van der Waals surface area contributed by atoms with Crippen molar-refractivity contribution in [2.24, 2.45) is 0 Å². The van der Waals surface area contributed by atoms with Crippen LogP contribution in [0.1, 0.15) is 5.56 Å². The van der Waals surface area contributed by atoms with Gasteiger partial charge in [-0.1, -0.05) is 18.2 Å². The van der Waals surface area contributed by atoms with Gasteiger partial charge >= 0.3 is 6.18 Å². The van der Waals surface area contributed by atoms with E-state index in [9.17, 15) is 18.3 Å². The first-order valence-corrected chi connectivity index (χ1v) is 7.27. The lowest BCUT2D eigenvalue weighted by molar-refractivity contribution is -0.200. The lowest BCUT2D eigenvalue weighted by Crippen LogP contribution is -2.41. The van der Waals surface area contributed by atoms with Crippen molar-refractivity contribution in [3.05, 3.63) is 54.4 Å². The third-order valence-corrected chi connectivity index (χ3v) is 3.54. The largest absolute Gasteiger partial charge is 0.416 e. The smallest absolute Gasteiger partial charge is 0.382 e. The molecule has 0 saturated heterocycles. The molecule has 3 rings (SSSR count). The summed E-state index contributed by atoms with van der Waals surface area (Å²) in [4.78, 5) is 12.6. The fraction of sp³-hybridized carbons (Fsp3) is 0.250. The first-order chi connectivity index (χ1) is 11.4. The number of nitrogens with one attached hydrogen (secondary N) is 1. The van der Waals surface area contributed by atoms with E-state index in [0.717, 1.165) is 0 Å². The van der Waals surface area contributed by atoms with Crippen molar-refractivity contribution in [1.82, 2.24) is 15.0 Å². The number of nitrogens with zero attached hydrogens (tertiary/aromatic N) is 3. The number of imidazole rings is 1. The maximum absolute atomic E-state index is 12.7. The average Bonchev–Trinajstić information content (AvgIpc) is 2.98. The van der Waals surface area contributed by atoms with Gasteiger partial charge < -0.3 is 15.0 Å². The number of pyridine rings is 1. The minimum atomic E-state index is -4.70. The fourth-order valence-electron chi connectivity index (χ4n) is 2.34. The topological polar surface area (TPSA) is 65.0 Å². The molecule has 24 heavy (non-hydrogen) atoms. The third-order valence-electron chi connectivity index (χ3n) is 3.54. The van der Waals surface area contributed by atoms with Gasteiger partial charge in [0.1, 0.15) is 0 Å². The minimum absolute atomic E-state index is 0.140. The maximum Gasteiger partial charge on any atom is 0.416 e. The van der Waals surface area contributed by atoms with Crippen LogP contribution in [-0.4, -0.2) is 38.9 Å². The Morgan fingerprint density at radius 2 is 1.96 bits per heavy atom. The maximum atomic E-state index is 12.7. The molecule has 1 atom stereocenters. The van der Waals surface area contributed by atoms with Gasteiger partial charge in [0.15, 0.2) is 6.10 Å². The van der Waals surface area contributed by atoms with Crippen molar-refractivity contribution >= 4 is 17.0 Å². The van der Waals surface area contributed by atoms with Gasteiger partial charge in [0.05, 0.1) is 17.6 Å². The molecule has 0 spiro atoms. The zero-order chi connectivity index (χ0) is 17.2. The summed E-state index contributed by atoms with van der Waals surface area (Å²) in [6, 6.07) is 10.6. The third kappa shape index (κ3) is 3.65. The Kier molecular flexibility index (Phi) is 4.39. The number of hydrogen-bond acceptors (Lipinski definition) is 4. The molecule has 2 N–H and O–H groups in total. The van der Waals surface area contributed by atoms with Gasteiger partial charge in [-0.25, -0.2) is 4.98 Å². The van der Waals surface area contributed by atoms with E-state index in [2.05, 4.69) is 15.0 Å². The van der Waals surface area contributed by atoms with Gasteiger partial charge in [0, 0.05) is 18.9 Å². The quantitative estimate of drug-likeness (QED) is 0.752. The van der Waals surface area contributed by atoms with Crippen LogP contribution in [0.3, 0.4) is 0 Å². The Labute approximate surface area is 135 Å². The number of aromatic amines is 1. The molecule has 3 aromatic rings. The fourth-order valence-corrected chi connectivity index (χ4v) is 2.34. The standard InChI is InChI=1S/C16H15F3N4O/c17-16(18,19)14(24)10-23(9-11-4-3-7-20-8-11)15-21-12-5-1-2-6-13(12)22-15/h1-8,14,24H,9-10H2,(H,21,22). The summed E-state index contributed by atoms with van der Waals surface area (Å²) in [5.41, 5.74) is 2.07. The second-order valence-electron chi connectivity index (χ2n) is 5.38. The molecule has 0 aliphatic heterocycles. The summed E-state index contributed by atoms with van der Waals surface area (Å²) in [6.07, 6.45) is -4.02. The summed E-state index contributed by atoms with van der Waals surface area (Å²) in [6.45, 7) is -0.487. The number of benzene rings is 1. The van der Waals surface area contributed by atoms with Crippen molar-refractivity contribution in [3.63, 3.8) is 0 Å². The second kappa shape index (κ2) is 6.48. The summed E-state index contributed by atoms with van der Waals surface area (Å²) in [5, 5.41) is 9.45. The number of halogens is 3. The second-order valence-corrected chi connectivity index (χ2v) is 5.38. The van der Waals surface area contributed by atoms with Crippen molar-refractivity contribution in [2.75, 3.05) is 11.4 Å². The number of anilines is 1. The molecule has 0 aliphatic carbocycles. The van der Waals surface area contributed by atoms with Gasteiger partial charge in [0.25, 0.3) is 0 Å². The highest BCUT2D eigenvalue weighted by molar-refractivity contribution is 5.77. The van der Waals surface area contributed by atoms with E-state index in [-0.39, 0.29) is 12.5 Å². The Morgan fingerprint density at radius 1 is 1.17 bits per heavy atom. The zero-order valence-corrected chi connectivity index (χ0v) is 12.5. The van der Waals surface area contributed by atoms with E-state index in [1.807, 2.05) is 0 Å². The van der Waals surface area contributed by atoms with Crippen LogP contribution in [0.4, 0.5) is 19.1 Å². The van der Waals surface area contributed by atoms with Gasteiger partial charge in [-0.05, 0) is 23.8 Å². The molecule has 8 heteroatoms. The van der Waals surface area contributed by atoms with Crippen LogP contribution in [0.2, 0.25) is 0 Å². The molecule has 0 amide bonds. The summed E-state index contributed by atoms with van der Waals surface area (Å²) in [7, 11) is 0. The number of fused-ring (bicyclic) bond motifs is 1. The predicted molar refractivity (Wildman–Crippen MR) is 83.4 cm³/mol. The minimum Gasteiger partial charge on any atom is -0.382 e. The number of aliphatic hydroxyl groups excluding tert-OH is 1. The predicted octanol–water partition coefficient (Wildman–Crippen LogP) is 2.89. The highest BCUT2D eigenvalue weighted by atomic mass is 19.4. The first-order valence-electron chi connectivity index (χ1n) is 7.27. The first kappa shape index (κ1) is 16.3. The van der Waals surface area contributed by atoms with E-state index in [1.54, 1.807) is 48.8 Å². The molecule has 0 radical (unpaired) electrons. The molecule has 1 unspecified atom stereocenters. The van der Waals surface area contributed by atoms with Gasteiger partial charge in [0.2, 0.25) is 5.95 Å². The molecule has 1 aromatic carbocycles. The summed E-state index contributed by atoms with van der Waals surface area (Å²) >= 11 is 0. The van der Waals surface area contributed by atoms with Crippen molar-refractivity contribution in [3.8, 4) is 0 Å². The number of H-pyrrole nitrogens is 1. The van der Waals surface area contributed by atoms with Crippen LogP contribution in [0.5, 0.6) is 0 Å². The summed E-state index contributed by atoms with van der Waals surface area (Å²) in [5.74, 6) is 0.267. The van der Waals surface area contributed by atoms with E-state index in [4.69, 9.17) is 0 Å². The number of hydrogen-bond donors (Lipinski definition) is 2. The molecule has 2 heterocycles. The highest BCUT2D eigenvalue weighted by Crippen LogP contribution is 2.24. The molecule has 2 aromatic heterocycles. The monoisotopic (exact) mass is 336 g/mol. The van der Waals surface area contributed by atoms with Crippen LogP contribution in [-0.2, 0) is 6.54 Å². The van der Waals surface area contributed by atoms with Gasteiger partial charge in [-0.2, -0.15) is 13.2 Å². The van der Waals surface area contributed by atoms with Gasteiger partial charge in [-0.15, -0.1) is 0 Å². The van der Waals surface area contributed by atoms with Crippen LogP contribution in [0, 0.1) is 0 Å². The number of aromatic nitrogens is 3. The van der Waals surface area contributed by atoms with Crippen LogP contribution < -0.4 is 4.90 Å². The molecular formula is C16H15F3N4O. The molecule has 0 bridgehead atoms. The van der Waals surface area contributed by atoms with Crippen molar-refractivity contribution in [2.45, 2.75) is 18.8 Å². The lowest BCUT2D eigenvalue weighted by atomic mass is 10.2. The molecule has 126 valence electrons. The Hall–Kier alpha value is -2.61. The molecule has 0 aliphatic rings. The number of rotatable bonds is 5. The van der Waals surface area contributed by atoms with E-state index < -0.39 is 18.8 Å². The normalized spacial score (nSPS) is 13.2. The van der Waals surface area contributed by atoms with Crippen molar-refractivity contribution < 1.29 is 18.3 Å². The van der Waals surface area contributed by atoms with Crippen LogP contribution >= 0.6 is 0 Å². The van der Waals surface area contributed by atoms with E-state index >= 15 is 0 Å². The summed E-state index contributed by atoms with van der Waals surface area (Å²) < 4.78 is 38.2. The Morgan fingerprint density at radius 3 is 2.62 bits per heavy atom. The SMILES string of the molecule is OC(CN(Cc1cccnc1)c1nc2ccccc2[nH]1)C(F)(F)F. The Bertz CT molecular complexity index is 771. The average molecular weight is 336 g/mol. The number of aliphatic hydroxyl groups is 1. The van der Waals surface area contributed by atoms with Crippen molar-refractivity contribution in [1.29, 1.82) is 0 Å². The van der Waals surface area contributed by atoms with Gasteiger partial charge in [-0.3, -0.25) is 4.98 Å².